The van der Waals surface area contributed by atoms with Crippen LogP contribution in [0.4, 0.5) is 17.1 Å². The molecule has 0 heterocycles. The van der Waals surface area contributed by atoms with Crippen LogP contribution in [0.15, 0.2) is 77.7 Å². The lowest BCUT2D eigenvalue weighted by Gasteiger charge is -2.27. The van der Waals surface area contributed by atoms with E-state index in [2.05, 4.69) is 44.4 Å². The standard InChI is InChI=1S/C29H51N3O6.C19H27NO3.C18H25NO4.C14H21NOS.C10H21NOS/c1-17(2)22(33)12-10-9-11-13-23(34)26(18(3)4)32-29(38)21(14-15-25(30)36)16-24(35)27(19(5)6)31-28(37)20(7)8;1-13(2)18(22)11-10-16(21)12-15-8-6-7-9-17(15)20(5)19(23)14(3)4;1-12(2)15(20)10-11-17(21)23-16-9-7-6-8-14(16)19(5)18(22)13(3)4;1-10(2)14(16)15(5)12-8-6-7-9-13(12)17-11(3)4;1-8(2)10(12)11(5)6-7-13-9(3)4/h17-21,26-27H,9-16H2,1-8H3,(H2,30,36)(H,31,37)(H,32,38);6-9,13-14H,10-12H2,1-5H3;6-9,12-13H,10-11H2,1-5H3;6-11H,1-5H3;8-9H,6-7H2,1-5H3. The number of nitrogens with zero attached hydrogens (tertiary/aromatic N) is 4. The highest BCUT2D eigenvalue weighted by atomic mass is 32.2. The molecule has 3 aromatic carbocycles. The Morgan fingerprint density at radius 1 is 0.404 bits per heavy atom. The number of nitrogens with two attached hydrogens (primary N) is 1. The summed E-state index contributed by atoms with van der Waals surface area (Å²) in [6, 6.07) is 20.9. The Hall–Kier alpha value is -7.86. The zero-order chi connectivity index (χ0) is 88.1. The Kier molecular flexibility index (Phi) is 54.3. The van der Waals surface area contributed by atoms with E-state index in [0.717, 1.165) is 42.1 Å². The number of ether oxygens (including phenoxy) is 1. The molecule has 0 aliphatic rings. The average molecular weight is 1630 g/mol. The maximum Gasteiger partial charge on any atom is 0.311 e. The molecule has 0 saturated carbocycles. The number of esters is 1. The maximum absolute atomic E-state index is 13.3. The maximum atomic E-state index is 13.3. The van der Waals surface area contributed by atoms with E-state index in [-0.39, 0.29) is 175 Å². The number of nitrogens with one attached hydrogen (secondary N) is 2. The number of amides is 7. The Morgan fingerprint density at radius 2 is 0.816 bits per heavy atom. The summed E-state index contributed by atoms with van der Waals surface area (Å²) in [6.07, 6.45) is 3.69. The van der Waals surface area contributed by atoms with Gasteiger partial charge in [0.15, 0.2) is 17.3 Å². The van der Waals surface area contributed by atoms with Crippen LogP contribution in [0.5, 0.6) is 5.75 Å². The molecule has 3 aromatic rings. The number of carbonyl (C=O) groups is 14. The smallest absolute Gasteiger partial charge is 0.311 e. The number of unbranched alkanes of at least 4 members (excludes halogenated alkanes) is 2. The summed E-state index contributed by atoms with van der Waals surface area (Å²) in [5.74, 6) is -1.89. The lowest BCUT2D eigenvalue weighted by molar-refractivity contribution is -0.136. The molecule has 22 nitrogen and oxygen atoms in total. The number of ketones is 6. The van der Waals surface area contributed by atoms with Gasteiger partial charge in [-0.05, 0) is 72.2 Å². The van der Waals surface area contributed by atoms with Gasteiger partial charge in [0.2, 0.25) is 41.4 Å². The number of hydrogen-bond donors (Lipinski definition) is 3. The van der Waals surface area contributed by atoms with Crippen molar-refractivity contribution < 1.29 is 71.9 Å². The first-order chi connectivity index (χ1) is 52.9. The topological polar surface area (TPSA) is 311 Å². The lowest BCUT2D eigenvalue weighted by atomic mass is 9.88. The summed E-state index contributed by atoms with van der Waals surface area (Å²) in [5, 5.41) is 6.74. The van der Waals surface area contributed by atoms with Crippen LogP contribution >= 0.6 is 23.5 Å². The van der Waals surface area contributed by atoms with Crippen LogP contribution in [0.1, 0.15) is 249 Å². The molecule has 0 saturated heterocycles. The Morgan fingerprint density at radius 3 is 1.27 bits per heavy atom. The SMILES string of the molecule is CC(C)C(=O)CCC(=O)Cc1ccccc1N(C)C(=O)C(C)C.CC(C)C(=O)CCC(=O)Oc1ccccc1N(C)C(=O)C(C)C.CC(C)C(=O)CCCCCC(=O)C(NC(=O)C(CCC(N)=O)CC(=O)C(NC(=O)C(C)C)C(C)C)C(C)C.CC(C)SCCN(C)C(=O)C(C)C.CC(C)Sc1ccccc1N(C)C(=O)C(C)C. The van der Waals surface area contributed by atoms with E-state index in [0.29, 0.717) is 41.2 Å². The monoisotopic (exact) mass is 1630 g/mol. The number of carbonyl (C=O) groups excluding carboxylic acids is 14. The van der Waals surface area contributed by atoms with Gasteiger partial charge in [-0.3, -0.25) is 67.1 Å². The van der Waals surface area contributed by atoms with Crippen LogP contribution in [0.2, 0.25) is 0 Å². The quantitative estimate of drug-likeness (QED) is 0.0205. The summed E-state index contributed by atoms with van der Waals surface area (Å²) < 4.78 is 5.34. The Labute approximate surface area is 693 Å². The van der Waals surface area contributed by atoms with Crippen molar-refractivity contribution in [3.63, 3.8) is 0 Å². The Bertz CT molecular complexity index is 3420. The fraction of sp³-hybridized carbons (Fsp3) is 0.644. The van der Waals surface area contributed by atoms with Gasteiger partial charge in [-0.2, -0.15) is 11.8 Å². The molecule has 3 atom stereocenters. The van der Waals surface area contributed by atoms with Gasteiger partial charge in [0.05, 0.1) is 29.9 Å². The van der Waals surface area contributed by atoms with Crippen LogP contribution in [0.25, 0.3) is 0 Å². The number of Topliss-reactive ketones (excluding diaryl/α,β-unsaturated/α-hetero) is 6. The van der Waals surface area contributed by atoms with Gasteiger partial charge in [-0.15, -0.1) is 11.8 Å². The van der Waals surface area contributed by atoms with Gasteiger partial charge in [-0.25, -0.2) is 0 Å². The van der Waals surface area contributed by atoms with Gasteiger partial charge < -0.3 is 40.7 Å². The molecule has 0 radical (unpaired) electrons. The van der Waals surface area contributed by atoms with Crippen molar-refractivity contribution in [3.8, 4) is 5.75 Å². The van der Waals surface area contributed by atoms with E-state index < -0.39 is 35.8 Å². The molecule has 642 valence electrons. The second kappa shape index (κ2) is 57.2. The predicted molar refractivity (Wildman–Crippen MR) is 465 cm³/mol. The number of para-hydroxylation sites is 4. The third kappa shape index (κ3) is 44.3. The summed E-state index contributed by atoms with van der Waals surface area (Å²) >= 11 is 3.68. The van der Waals surface area contributed by atoms with Gasteiger partial charge in [0, 0.05) is 161 Å². The zero-order valence-electron chi connectivity index (χ0n) is 74.5. The molecular weight excluding hydrogens is 1480 g/mol. The first-order valence-electron chi connectivity index (χ1n) is 40.8. The predicted octanol–water partition coefficient (Wildman–Crippen LogP) is 16.2. The molecule has 3 rings (SSSR count). The van der Waals surface area contributed by atoms with Gasteiger partial charge >= 0.3 is 5.97 Å². The summed E-state index contributed by atoms with van der Waals surface area (Å²) in [7, 11) is 7.11. The van der Waals surface area contributed by atoms with E-state index in [1.165, 1.54) is 9.80 Å². The molecule has 24 heteroatoms. The fourth-order valence-electron chi connectivity index (χ4n) is 11.0. The first kappa shape index (κ1) is 108. The van der Waals surface area contributed by atoms with Crippen molar-refractivity contribution >= 4 is 123 Å². The minimum Gasteiger partial charge on any atom is -0.424 e. The van der Waals surface area contributed by atoms with E-state index in [9.17, 15) is 67.1 Å². The summed E-state index contributed by atoms with van der Waals surface area (Å²) in [5.41, 5.74) is 8.43. The number of hydrogen-bond acceptors (Lipinski definition) is 17. The highest BCUT2D eigenvalue weighted by Gasteiger charge is 2.33. The van der Waals surface area contributed by atoms with Crippen molar-refractivity contribution in [2.75, 3.05) is 55.2 Å². The minimum atomic E-state index is -0.858. The summed E-state index contributed by atoms with van der Waals surface area (Å²) in [4.78, 5) is 178. The molecule has 0 bridgehead atoms. The van der Waals surface area contributed by atoms with Gasteiger partial charge in [0.1, 0.15) is 23.1 Å². The van der Waals surface area contributed by atoms with Crippen LogP contribution in [0.3, 0.4) is 0 Å². The molecule has 4 N–H and O–H groups in total. The van der Waals surface area contributed by atoms with Crippen molar-refractivity contribution in [1.29, 1.82) is 0 Å². The third-order valence-corrected chi connectivity index (χ3v) is 20.4. The number of benzene rings is 3. The number of anilines is 3. The van der Waals surface area contributed by atoms with Crippen molar-refractivity contribution in [2.45, 2.75) is 277 Å². The zero-order valence-corrected chi connectivity index (χ0v) is 76.1. The van der Waals surface area contributed by atoms with Crippen LogP contribution in [-0.2, 0) is 73.5 Å². The molecule has 0 fully saturated rings. The highest BCUT2D eigenvalue weighted by Crippen LogP contribution is 2.33. The molecule has 0 aliphatic carbocycles. The number of thioether (sulfide) groups is 2. The molecule has 0 aliphatic heterocycles. The van der Waals surface area contributed by atoms with Crippen molar-refractivity contribution in [2.24, 2.45) is 70.8 Å². The van der Waals surface area contributed by atoms with Crippen LogP contribution < -0.4 is 35.8 Å². The van der Waals surface area contributed by atoms with Crippen LogP contribution in [-0.4, -0.2) is 150 Å². The van der Waals surface area contributed by atoms with Gasteiger partial charge in [-0.1, -0.05) is 215 Å². The van der Waals surface area contributed by atoms with E-state index in [1.807, 2.05) is 184 Å². The molecule has 0 aromatic heterocycles. The normalized spacial score (nSPS) is 11.9. The lowest BCUT2D eigenvalue weighted by Crippen LogP contribution is -2.49. The second-order valence-electron chi connectivity index (χ2n) is 32.8. The number of rotatable bonds is 44. The van der Waals surface area contributed by atoms with Crippen LogP contribution in [0, 0.1) is 65.1 Å². The average Bonchev–Trinajstić information content (AvgIpc) is 0.857. The van der Waals surface area contributed by atoms with E-state index in [4.69, 9.17) is 10.5 Å². The van der Waals surface area contributed by atoms with Crippen molar-refractivity contribution in [1.82, 2.24) is 15.5 Å². The molecule has 3 unspecified atom stereocenters. The third-order valence-electron chi connectivity index (χ3n) is 18.2. The molecule has 114 heavy (non-hydrogen) atoms. The highest BCUT2D eigenvalue weighted by molar-refractivity contribution is 8.00. The molecular formula is C90H145N7O15S2. The number of primary amides is 1. The Balaban J connectivity index is 0. The molecule has 7 amide bonds. The van der Waals surface area contributed by atoms with E-state index >= 15 is 0 Å². The minimum absolute atomic E-state index is 0.00819. The second-order valence-corrected chi connectivity index (χ2v) is 36.1. The van der Waals surface area contributed by atoms with Gasteiger partial charge in [0.25, 0.3) is 0 Å². The first-order valence-corrected chi connectivity index (χ1v) is 42.7. The molecule has 0 spiro atoms. The largest absolute Gasteiger partial charge is 0.424 e. The van der Waals surface area contributed by atoms with Crippen molar-refractivity contribution in [3.05, 3.63) is 78.4 Å². The van der Waals surface area contributed by atoms with E-state index in [1.54, 1.807) is 87.6 Å². The summed E-state index contributed by atoms with van der Waals surface area (Å²) in [6.45, 7) is 46.4. The fourth-order valence-corrected chi connectivity index (χ4v) is 12.8.